The fourth-order valence-electron chi connectivity index (χ4n) is 3.15. The standard InChI is InChI=1S/C20H33ClN4O2.HI/c1-3-26-12-5-4-9-23-20(22-2)24-16-19(25-10-13-27-14-11-25)17-7-6-8-18(21)15-17;/h6-8,15,19H,3-5,9-14,16H2,1-2H3,(H2,22,23,24);1H. The highest BCUT2D eigenvalue weighted by Gasteiger charge is 2.23. The van der Waals surface area contributed by atoms with Crippen LogP contribution in [0, 0.1) is 0 Å². The van der Waals surface area contributed by atoms with E-state index in [2.05, 4.69) is 26.6 Å². The van der Waals surface area contributed by atoms with E-state index in [9.17, 15) is 0 Å². The van der Waals surface area contributed by atoms with Crippen LogP contribution in [0.2, 0.25) is 5.02 Å². The number of ether oxygens (including phenoxy) is 2. The number of morpholine rings is 1. The molecule has 0 saturated carbocycles. The van der Waals surface area contributed by atoms with Gasteiger partial charge in [-0.15, -0.1) is 24.0 Å². The van der Waals surface area contributed by atoms with Crippen molar-refractivity contribution in [3.63, 3.8) is 0 Å². The Morgan fingerprint density at radius 3 is 2.75 bits per heavy atom. The van der Waals surface area contributed by atoms with Gasteiger partial charge in [0, 0.05) is 51.5 Å². The summed E-state index contributed by atoms with van der Waals surface area (Å²) < 4.78 is 10.9. The lowest BCUT2D eigenvalue weighted by atomic mass is 10.0. The second kappa shape index (κ2) is 15.3. The molecule has 0 aliphatic carbocycles. The number of halogens is 2. The predicted octanol–water partition coefficient (Wildman–Crippen LogP) is 3.31. The predicted molar refractivity (Wildman–Crippen MR) is 127 cm³/mol. The van der Waals surface area contributed by atoms with Crippen molar-refractivity contribution in [2.75, 3.05) is 59.7 Å². The van der Waals surface area contributed by atoms with Crippen molar-refractivity contribution in [1.82, 2.24) is 15.5 Å². The number of hydrogen-bond donors (Lipinski definition) is 2. The molecule has 1 aromatic carbocycles. The summed E-state index contributed by atoms with van der Waals surface area (Å²) in [6.45, 7) is 8.64. The lowest BCUT2D eigenvalue weighted by molar-refractivity contribution is 0.0170. The number of guanidine groups is 1. The lowest BCUT2D eigenvalue weighted by Crippen LogP contribution is -2.46. The largest absolute Gasteiger partial charge is 0.382 e. The van der Waals surface area contributed by atoms with Gasteiger partial charge in [0.05, 0.1) is 19.3 Å². The Bertz CT molecular complexity index is 571. The van der Waals surface area contributed by atoms with Gasteiger partial charge in [0.2, 0.25) is 0 Å². The zero-order valence-electron chi connectivity index (χ0n) is 17.0. The van der Waals surface area contributed by atoms with Gasteiger partial charge in [0.25, 0.3) is 0 Å². The van der Waals surface area contributed by atoms with Crippen molar-refractivity contribution in [3.8, 4) is 0 Å². The van der Waals surface area contributed by atoms with Gasteiger partial charge >= 0.3 is 0 Å². The Hall–Kier alpha value is -0.610. The third-order valence-electron chi connectivity index (χ3n) is 4.62. The van der Waals surface area contributed by atoms with Crippen LogP contribution in [0.4, 0.5) is 0 Å². The first kappa shape index (κ1) is 25.4. The smallest absolute Gasteiger partial charge is 0.191 e. The lowest BCUT2D eigenvalue weighted by Gasteiger charge is -2.35. The van der Waals surface area contributed by atoms with E-state index in [0.717, 1.165) is 76.4 Å². The van der Waals surface area contributed by atoms with Gasteiger partial charge in [-0.05, 0) is 37.5 Å². The molecule has 0 amide bonds. The van der Waals surface area contributed by atoms with Crippen LogP contribution in [0.5, 0.6) is 0 Å². The third kappa shape index (κ3) is 9.26. The van der Waals surface area contributed by atoms with Crippen LogP contribution >= 0.6 is 35.6 Å². The Labute approximate surface area is 191 Å². The molecule has 0 spiro atoms. The number of benzene rings is 1. The molecule has 0 aromatic heterocycles. The monoisotopic (exact) mass is 524 g/mol. The zero-order chi connectivity index (χ0) is 19.3. The minimum absolute atomic E-state index is 0. The Morgan fingerprint density at radius 2 is 2.07 bits per heavy atom. The molecule has 1 heterocycles. The first-order valence-electron chi connectivity index (χ1n) is 9.84. The summed E-state index contributed by atoms with van der Waals surface area (Å²) in [5, 5.41) is 7.62. The first-order chi connectivity index (χ1) is 13.2. The topological polar surface area (TPSA) is 58.1 Å². The van der Waals surface area contributed by atoms with E-state index in [0.29, 0.717) is 0 Å². The highest BCUT2D eigenvalue weighted by Crippen LogP contribution is 2.23. The minimum Gasteiger partial charge on any atom is -0.382 e. The third-order valence-corrected chi connectivity index (χ3v) is 4.85. The quantitative estimate of drug-likeness (QED) is 0.213. The molecule has 1 saturated heterocycles. The van der Waals surface area contributed by atoms with Crippen molar-refractivity contribution in [3.05, 3.63) is 34.9 Å². The summed E-state index contributed by atoms with van der Waals surface area (Å²) in [7, 11) is 1.80. The average molecular weight is 525 g/mol. The summed E-state index contributed by atoms with van der Waals surface area (Å²) in [4.78, 5) is 6.79. The molecule has 1 aromatic rings. The van der Waals surface area contributed by atoms with E-state index in [1.54, 1.807) is 7.05 Å². The Morgan fingerprint density at radius 1 is 1.29 bits per heavy atom. The second-order valence-electron chi connectivity index (χ2n) is 6.50. The van der Waals surface area contributed by atoms with Crippen molar-refractivity contribution >= 4 is 41.5 Å². The van der Waals surface area contributed by atoms with Crippen LogP contribution in [0.1, 0.15) is 31.4 Å². The SMILES string of the molecule is CCOCCCCNC(=NC)NCC(c1cccc(Cl)c1)N1CCOCC1.I. The van der Waals surface area contributed by atoms with Crippen molar-refractivity contribution in [1.29, 1.82) is 0 Å². The van der Waals surface area contributed by atoms with E-state index in [4.69, 9.17) is 21.1 Å². The van der Waals surface area contributed by atoms with E-state index >= 15 is 0 Å². The van der Waals surface area contributed by atoms with E-state index in [1.165, 1.54) is 5.56 Å². The van der Waals surface area contributed by atoms with Gasteiger partial charge in [-0.2, -0.15) is 0 Å². The maximum absolute atomic E-state index is 6.23. The number of unbranched alkanes of at least 4 members (excludes halogenated alkanes) is 1. The van der Waals surface area contributed by atoms with Gasteiger partial charge in [-0.25, -0.2) is 0 Å². The Balaban J connectivity index is 0.00000392. The fourth-order valence-corrected chi connectivity index (χ4v) is 3.35. The molecule has 6 nitrogen and oxygen atoms in total. The molecule has 0 bridgehead atoms. The first-order valence-corrected chi connectivity index (χ1v) is 10.2. The van der Waals surface area contributed by atoms with Gasteiger partial charge in [-0.3, -0.25) is 9.89 Å². The van der Waals surface area contributed by atoms with E-state index < -0.39 is 0 Å². The molecule has 1 aliphatic rings. The molecule has 1 fully saturated rings. The molecular weight excluding hydrogens is 491 g/mol. The highest BCUT2D eigenvalue weighted by atomic mass is 127. The van der Waals surface area contributed by atoms with Crippen LogP contribution in [-0.2, 0) is 9.47 Å². The van der Waals surface area contributed by atoms with Crippen LogP contribution in [0.3, 0.4) is 0 Å². The zero-order valence-corrected chi connectivity index (χ0v) is 20.0. The summed E-state index contributed by atoms with van der Waals surface area (Å²) in [6.07, 6.45) is 2.11. The summed E-state index contributed by atoms with van der Waals surface area (Å²) in [6, 6.07) is 8.34. The molecule has 0 radical (unpaired) electrons. The van der Waals surface area contributed by atoms with Crippen LogP contribution in [0.15, 0.2) is 29.3 Å². The van der Waals surface area contributed by atoms with Gasteiger partial charge in [0.15, 0.2) is 5.96 Å². The van der Waals surface area contributed by atoms with E-state index in [1.807, 2.05) is 25.1 Å². The van der Waals surface area contributed by atoms with Crippen LogP contribution in [0.25, 0.3) is 0 Å². The van der Waals surface area contributed by atoms with Crippen molar-refractivity contribution in [2.45, 2.75) is 25.8 Å². The van der Waals surface area contributed by atoms with Crippen LogP contribution in [-0.4, -0.2) is 70.5 Å². The minimum atomic E-state index is 0. The summed E-state index contributed by atoms with van der Waals surface area (Å²) in [5.41, 5.74) is 1.21. The molecule has 2 N–H and O–H groups in total. The van der Waals surface area contributed by atoms with Gasteiger partial charge in [-0.1, -0.05) is 23.7 Å². The number of nitrogens with zero attached hydrogens (tertiary/aromatic N) is 2. The van der Waals surface area contributed by atoms with Crippen molar-refractivity contribution < 1.29 is 9.47 Å². The Kier molecular flexibility index (Phi) is 13.9. The normalized spacial score (nSPS) is 16.3. The molecule has 8 heteroatoms. The molecule has 2 rings (SSSR count). The molecule has 1 atom stereocenters. The van der Waals surface area contributed by atoms with Crippen molar-refractivity contribution in [2.24, 2.45) is 4.99 Å². The molecule has 160 valence electrons. The maximum atomic E-state index is 6.23. The molecule has 1 aliphatic heterocycles. The molecule has 1 unspecified atom stereocenters. The molecular formula is C20H34ClIN4O2. The average Bonchev–Trinajstić information content (AvgIpc) is 2.70. The number of hydrogen-bond acceptors (Lipinski definition) is 4. The van der Waals surface area contributed by atoms with Crippen LogP contribution < -0.4 is 10.6 Å². The highest BCUT2D eigenvalue weighted by molar-refractivity contribution is 14.0. The number of rotatable bonds is 10. The molecule has 28 heavy (non-hydrogen) atoms. The number of nitrogens with one attached hydrogen (secondary N) is 2. The summed E-state index contributed by atoms with van der Waals surface area (Å²) >= 11 is 6.23. The number of aliphatic imine (C=N–C) groups is 1. The van der Waals surface area contributed by atoms with Gasteiger partial charge < -0.3 is 20.1 Å². The fraction of sp³-hybridized carbons (Fsp3) is 0.650. The maximum Gasteiger partial charge on any atom is 0.191 e. The second-order valence-corrected chi connectivity index (χ2v) is 6.94. The van der Waals surface area contributed by atoms with Gasteiger partial charge in [0.1, 0.15) is 0 Å². The summed E-state index contributed by atoms with van der Waals surface area (Å²) in [5.74, 6) is 0.826. The van der Waals surface area contributed by atoms with E-state index in [-0.39, 0.29) is 30.0 Å².